The van der Waals surface area contributed by atoms with E-state index in [1.807, 2.05) is 0 Å². The normalized spacial score (nSPS) is 22.8. The van der Waals surface area contributed by atoms with E-state index in [-0.39, 0.29) is 18.9 Å². The maximum Gasteiger partial charge on any atom is 0.244 e. The monoisotopic (exact) mass is 598 g/mol. The summed E-state index contributed by atoms with van der Waals surface area (Å²) in [6.45, 7) is 1.79. The number of carbonyl (C=O) groups excluding carboxylic acids is 2. The fourth-order valence-corrected chi connectivity index (χ4v) is 5.01. The van der Waals surface area contributed by atoms with Gasteiger partial charge < -0.3 is 40.5 Å². The summed E-state index contributed by atoms with van der Waals surface area (Å²) in [6, 6.07) is -1.03. The van der Waals surface area contributed by atoms with Crippen LogP contribution in [0.15, 0.2) is 0 Å². The fraction of sp³-hybridized carbons (Fsp3) is 0.875. The van der Waals surface area contributed by atoms with Crippen molar-refractivity contribution in [3.05, 3.63) is 0 Å². The van der Waals surface area contributed by atoms with E-state index >= 15 is 0 Å². The molecule has 10 heteroatoms. The number of rotatable bonds is 25. The molecule has 10 nitrogen and oxygen atoms in total. The molecule has 244 valence electrons. The van der Waals surface area contributed by atoms with Crippen molar-refractivity contribution in [2.75, 3.05) is 19.8 Å². The zero-order valence-electron chi connectivity index (χ0n) is 25.8. The minimum atomic E-state index is -1.59. The maximum absolute atomic E-state index is 13.0. The molecule has 0 radical (unpaired) electrons. The smallest absolute Gasteiger partial charge is 0.244 e. The molecular formula is C32H58N2O8. The van der Waals surface area contributed by atoms with Crippen LogP contribution in [0, 0.1) is 12.3 Å². The fourth-order valence-electron chi connectivity index (χ4n) is 5.01. The minimum absolute atomic E-state index is 0.270. The van der Waals surface area contributed by atoms with Crippen molar-refractivity contribution in [1.29, 1.82) is 0 Å². The molecule has 6 N–H and O–H groups in total. The van der Waals surface area contributed by atoms with Gasteiger partial charge in [-0.05, 0) is 19.3 Å². The summed E-state index contributed by atoms with van der Waals surface area (Å²) >= 11 is 0. The molecule has 1 rings (SSSR count). The Labute approximate surface area is 253 Å². The number of nitrogens with one attached hydrogen (secondary N) is 2. The van der Waals surface area contributed by atoms with Crippen molar-refractivity contribution in [3.8, 4) is 12.3 Å². The van der Waals surface area contributed by atoms with Crippen molar-refractivity contribution in [1.82, 2.24) is 10.6 Å². The molecule has 1 aliphatic heterocycles. The van der Waals surface area contributed by atoms with Crippen molar-refractivity contribution in [3.63, 3.8) is 0 Å². The lowest BCUT2D eigenvalue weighted by atomic mass is 9.99. The lowest BCUT2D eigenvalue weighted by molar-refractivity contribution is -0.301. The van der Waals surface area contributed by atoms with Crippen molar-refractivity contribution >= 4 is 11.8 Å². The molecule has 0 unspecified atom stereocenters. The molecule has 0 aromatic heterocycles. The number of amides is 2. The highest BCUT2D eigenvalue weighted by Crippen LogP contribution is 2.22. The second kappa shape index (κ2) is 24.7. The lowest BCUT2D eigenvalue weighted by Gasteiger charge is -2.39. The highest BCUT2D eigenvalue weighted by Gasteiger charge is 2.44. The van der Waals surface area contributed by atoms with E-state index in [1.54, 1.807) is 0 Å². The highest BCUT2D eigenvalue weighted by atomic mass is 16.7. The van der Waals surface area contributed by atoms with E-state index in [0.29, 0.717) is 13.0 Å². The van der Waals surface area contributed by atoms with E-state index < -0.39 is 49.3 Å². The molecule has 1 aliphatic rings. The van der Waals surface area contributed by atoms with Crippen LogP contribution < -0.4 is 10.6 Å². The summed E-state index contributed by atoms with van der Waals surface area (Å²) in [5.74, 6) is 1.95. The van der Waals surface area contributed by atoms with Gasteiger partial charge in [0.05, 0.1) is 13.2 Å². The minimum Gasteiger partial charge on any atom is -0.394 e. The number of carbonyl (C=O) groups is 2. The van der Waals surface area contributed by atoms with Crippen LogP contribution in [0.4, 0.5) is 0 Å². The number of hydrogen-bond acceptors (Lipinski definition) is 8. The first kappa shape index (κ1) is 38.3. The van der Waals surface area contributed by atoms with Crippen LogP contribution >= 0.6 is 0 Å². The highest BCUT2D eigenvalue weighted by molar-refractivity contribution is 5.87. The lowest BCUT2D eigenvalue weighted by Crippen LogP contribution is -2.60. The van der Waals surface area contributed by atoms with E-state index in [0.717, 1.165) is 57.8 Å². The van der Waals surface area contributed by atoms with Crippen molar-refractivity contribution in [2.24, 2.45) is 0 Å². The molecule has 2 amide bonds. The summed E-state index contributed by atoms with van der Waals surface area (Å²) in [6.07, 6.45) is 16.7. The molecule has 0 spiro atoms. The van der Waals surface area contributed by atoms with Gasteiger partial charge in [-0.1, -0.05) is 90.4 Å². The van der Waals surface area contributed by atoms with Crippen LogP contribution in [0.25, 0.3) is 0 Å². The standard InChI is InChI=1S/C32H58N2O8/c1-3-5-7-9-11-13-14-16-18-20-22-33-31(40)25(34-27(36)21-19-17-15-12-10-8-6-4-2)24-41-32-30(39)29(38)28(37)26(23-35)42-32/h2,25-26,28-30,32,35,37-39H,3,5-24H2,1H3,(H,33,40)(H,34,36)/t25-,26+,28-,29-,30+,32-/m0/s1. The van der Waals surface area contributed by atoms with Crippen LogP contribution in [-0.4, -0.2) is 88.7 Å². The maximum atomic E-state index is 13.0. The molecule has 1 fully saturated rings. The Morgan fingerprint density at radius 2 is 1.40 bits per heavy atom. The van der Waals surface area contributed by atoms with Gasteiger partial charge in [0.1, 0.15) is 30.5 Å². The van der Waals surface area contributed by atoms with E-state index in [9.17, 15) is 30.0 Å². The third kappa shape index (κ3) is 16.8. The van der Waals surface area contributed by atoms with Crippen LogP contribution in [0.2, 0.25) is 0 Å². The number of aliphatic hydroxyl groups excluding tert-OH is 4. The van der Waals surface area contributed by atoms with Gasteiger partial charge in [0, 0.05) is 19.4 Å². The Kier molecular flexibility index (Phi) is 22.5. The van der Waals surface area contributed by atoms with E-state index in [1.165, 1.54) is 44.9 Å². The Hall–Kier alpha value is -1.74. The SMILES string of the molecule is C#CCCCCCCCCC(=O)N[C@@H](CO[C@H]1O[C@H](CO)[C@H](O)[C@H](O)[C@H]1O)C(=O)NCCCCCCCCCCCC. The van der Waals surface area contributed by atoms with Gasteiger partial charge in [0.2, 0.25) is 11.8 Å². The number of ether oxygens (including phenoxy) is 2. The summed E-state index contributed by atoms with van der Waals surface area (Å²) < 4.78 is 11.0. The van der Waals surface area contributed by atoms with Crippen LogP contribution in [0.1, 0.15) is 122 Å². The number of unbranched alkanes of at least 4 members (excludes halogenated alkanes) is 15. The van der Waals surface area contributed by atoms with Gasteiger partial charge >= 0.3 is 0 Å². The molecule has 1 heterocycles. The van der Waals surface area contributed by atoms with Gasteiger partial charge in [-0.3, -0.25) is 9.59 Å². The molecule has 0 aromatic carbocycles. The predicted molar refractivity (Wildman–Crippen MR) is 162 cm³/mol. The Morgan fingerprint density at radius 3 is 2.00 bits per heavy atom. The molecule has 1 saturated heterocycles. The quantitative estimate of drug-likeness (QED) is 0.0691. The first-order chi connectivity index (χ1) is 20.3. The Morgan fingerprint density at radius 1 is 0.833 bits per heavy atom. The Bertz CT molecular complexity index is 745. The second-order valence-electron chi connectivity index (χ2n) is 11.4. The van der Waals surface area contributed by atoms with E-state index in [2.05, 4.69) is 23.5 Å². The summed E-state index contributed by atoms with van der Waals surface area (Å²) in [7, 11) is 0. The van der Waals surface area contributed by atoms with Gasteiger partial charge in [-0.15, -0.1) is 12.3 Å². The second-order valence-corrected chi connectivity index (χ2v) is 11.4. The average Bonchev–Trinajstić information content (AvgIpc) is 2.98. The zero-order chi connectivity index (χ0) is 31.0. The predicted octanol–water partition coefficient (Wildman–Crippen LogP) is 3.08. The van der Waals surface area contributed by atoms with Crippen LogP contribution in [0.3, 0.4) is 0 Å². The van der Waals surface area contributed by atoms with Gasteiger partial charge in [-0.2, -0.15) is 0 Å². The van der Waals surface area contributed by atoms with Crippen LogP contribution in [-0.2, 0) is 19.1 Å². The first-order valence-corrected chi connectivity index (χ1v) is 16.3. The van der Waals surface area contributed by atoms with E-state index in [4.69, 9.17) is 15.9 Å². The molecule has 0 aromatic rings. The molecule has 0 bridgehead atoms. The van der Waals surface area contributed by atoms with Crippen LogP contribution in [0.5, 0.6) is 0 Å². The largest absolute Gasteiger partial charge is 0.394 e. The average molecular weight is 599 g/mol. The number of terminal acetylenes is 1. The van der Waals surface area contributed by atoms with Gasteiger partial charge in [0.25, 0.3) is 0 Å². The molecule has 42 heavy (non-hydrogen) atoms. The van der Waals surface area contributed by atoms with Crippen molar-refractivity contribution in [2.45, 2.75) is 159 Å². The topological polar surface area (TPSA) is 158 Å². The molecular weight excluding hydrogens is 540 g/mol. The zero-order valence-corrected chi connectivity index (χ0v) is 25.8. The molecule has 0 saturated carbocycles. The number of hydrogen-bond donors (Lipinski definition) is 6. The molecule has 0 aliphatic carbocycles. The first-order valence-electron chi connectivity index (χ1n) is 16.3. The van der Waals surface area contributed by atoms with Gasteiger partial charge in [0.15, 0.2) is 6.29 Å². The van der Waals surface area contributed by atoms with Crippen molar-refractivity contribution < 1.29 is 39.5 Å². The Balaban J connectivity index is 2.49. The molecule has 6 atom stereocenters. The third-order valence-electron chi connectivity index (χ3n) is 7.73. The third-order valence-corrected chi connectivity index (χ3v) is 7.73. The summed E-state index contributed by atoms with van der Waals surface area (Å²) in [4.78, 5) is 25.6. The van der Waals surface area contributed by atoms with Gasteiger partial charge in [-0.25, -0.2) is 0 Å². The summed E-state index contributed by atoms with van der Waals surface area (Å²) in [5.41, 5.74) is 0. The summed E-state index contributed by atoms with van der Waals surface area (Å²) in [5, 5.41) is 45.3. The number of aliphatic hydroxyl groups is 4.